The van der Waals surface area contributed by atoms with Crippen molar-refractivity contribution in [1.29, 1.82) is 5.41 Å². The van der Waals surface area contributed by atoms with Crippen LogP contribution in [0.5, 0.6) is 0 Å². The summed E-state index contributed by atoms with van der Waals surface area (Å²) in [7, 11) is 0. The van der Waals surface area contributed by atoms with Crippen LogP contribution < -0.4 is 0 Å². The van der Waals surface area contributed by atoms with Crippen molar-refractivity contribution in [2.45, 2.75) is 31.9 Å². The largest absolute Gasteiger partial charge is 0.412 e. The predicted molar refractivity (Wildman–Crippen MR) is 57.5 cm³/mol. The van der Waals surface area contributed by atoms with E-state index in [0.29, 0.717) is 24.1 Å². The lowest BCUT2D eigenvalue weighted by Crippen LogP contribution is -2.18. The average Bonchev–Trinajstić information content (AvgIpc) is 2.17. The van der Waals surface area contributed by atoms with E-state index in [2.05, 4.69) is 0 Å². The van der Waals surface area contributed by atoms with Crippen LogP contribution in [-0.2, 0) is 0 Å². The van der Waals surface area contributed by atoms with Crippen molar-refractivity contribution in [2.75, 3.05) is 0 Å². The van der Waals surface area contributed by atoms with E-state index in [1.807, 2.05) is 0 Å². The molecule has 0 bridgehead atoms. The van der Waals surface area contributed by atoms with Gasteiger partial charge in [0.1, 0.15) is 0 Å². The van der Waals surface area contributed by atoms with Gasteiger partial charge in [-0.3, -0.25) is 0 Å². The van der Waals surface area contributed by atoms with Crippen LogP contribution in [0.15, 0.2) is 11.6 Å². The third kappa shape index (κ3) is 3.74. The first kappa shape index (κ1) is 12.4. The lowest BCUT2D eigenvalue weighted by Gasteiger charge is -2.22. The molecule has 0 saturated heterocycles. The van der Waals surface area contributed by atoms with Gasteiger partial charge >= 0.3 is 6.18 Å². The summed E-state index contributed by atoms with van der Waals surface area (Å²) in [4.78, 5) is 0.517. The number of allylic oxidation sites excluding steroid dienone is 2. The first-order valence-corrected chi connectivity index (χ1v) is 5.14. The Kier molecular flexibility index (Phi) is 4.02. The quantitative estimate of drug-likeness (QED) is 0.450. The zero-order valence-electron chi connectivity index (χ0n) is 8.10. The van der Waals surface area contributed by atoms with Gasteiger partial charge in [0.15, 0.2) is 0 Å². The molecule has 5 heteroatoms. The molecule has 84 valence electrons. The smallest absolute Gasteiger partial charge is 0.308 e. The molecule has 0 aromatic heterocycles. The van der Waals surface area contributed by atoms with E-state index < -0.39 is 11.7 Å². The first-order chi connectivity index (χ1) is 6.93. The van der Waals surface area contributed by atoms with Crippen molar-refractivity contribution in [3.63, 3.8) is 0 Å². The molecule has 1 unspecified atom stereocenters. The number of thiocarbonyl (C=S) groups is 1. The van der Waals surface area contributed by atoms with Crippen molar-refractivity contribution >= 4 is 23.3 Å². The Hall–Kier alpha value is -0.710. The molecule has 0 spiro atoms. The Balaban J connectivity index is 2.51. The Morgan fingerprint density at radius 2 is 2.27 bits per heavy atom. The van der Waals surface area contributed by atoms with Crippen molar-refractivity contribution in [2.24, 2.45) is 5.92 Å². The minimum absolute atomic E-state index is 0.0782. The zero-order chi connectivity index (χ0) is 11.5. The number of halogens is 3. The molecule has 1 rings (SSSR count). The van der Waals surface area contributed by atoms with Crippen LogP contribution in [-0.4, -0.2) is 17.3 Å². The third-order valence-electron chi connectivity index (χ3n) is 2.53. The van der Waals surface area contributed by atoms with Crippen molar-refractivity contribution in [1.82, 2.24) is 0 Å². The Morgan fingerprint density at radius 3 is 2.67 bits per heavy atom. The van der Waals surface area contributed by atoms with Gasteiger partial charge in [0.25, 0.3) is 0 Å². The van der Waals surface area contributed by atoms with E-state index in [4.69, 9.17) is 17.6 Å². The van der Waals surface area contributed by atoms with Crippen LogP contribution in [0.2, 0.25) is 0 Å². The van der Waals surface area contributed by atoms with Crippen LogP contribution >= 0.6 is 12.2 Å². The SMILES string of the molecule is N=CC(=S)CC1CC=C(C(F)(F)F)CC1. The normalized spacial score (nSPS) is 22.1. The van der Waals surface area contributed by atoms with Crippen molar-refractivity contribution in [3.05, 3.63) is 11.6 Å². The molecule has 1 nitrogen and oxygen atoms in total. The maximum atomic E-state index is 12.3. The van der Waals surface area contributed by atoms with Crippen LogP contribution in [0.4, 0.5) is 13.2 Å². The molecule has 1 N–H and O–H groups in total. The van der Waals surface area contributed by atoms with Crippen LogP contribution in [0.3, 0.4) is 0 Å². The van der Waals surface area contributed by atoms with Crippen LogP contribution in [0.1, 0.15) is 25.7 Å². The molecular weight excluding hydrogens is 223 g/mol. The topological polar surface area (TPSA) is 23.9 Å². The fourth-order valence-electron chi connectivity index (χ4n) is 1.67. The van der Waals surface area contributed by atoms with Crippen LogP contribution in [0, 0.1) is 11.3 Å². The minimum atomic E-state index is -4.17. The second-order valence-electron chi connectivity index (χ2n) is 3.68. The second kappa shape index (κ2) is 4.88. The van der Waals surface area contributed by atoms with E-state index in [0.717, 1.165) is 6.21 Å². The molecule has 0 heterocycles. The molecule has 1 aliphatic carbocycles. The van der Waals surface area contributed by atoms with Gasteiger partial charge in [-0.05, 0) is 31.6 Å². The highest BCUT2D eigenvalue weighted by atomic mass is 32.1. The van der Waals surface area contributed by atoms with Gasteiger partial charge in [-0.1, -0.05) is 18.3 Å². The molecule has 0 aliphatic heterocycles. The van der Waals surface area contributed by atoms with Gasteiger partial charge in [-0.15, -0.1) is 0 Å². The predicted octanol–water partition coefficient (Wildman–Crippen LogP) is 3.68. The van der Waals surface area contributed by atoms with Gasteiger partial charge in [-0.2, -0.15) is 13.2 Å². The van der Waals surface area contributed by atoms with E-state index in [1.54, 1.807) is 0 Å². The summed E-state index contributed by atoms with van der Waals surface area (Å²) in [5, 5.41) is 6.90. The Morgan fingerprint density at radius 1 is 1.60 bits per heavy atom. The number of rotatable bonds is 3. The molecule has 0 fully saturated rings. The van der Waals surface area contributed by atoms with Crippen molar-refractivity contribution < 1.29 is 13.2 Å². The molecule has 1 atom stereocenters. The second-order valence-corrected chi connectivity index (χ2v) is 4.21. The maximum Gasteiger partial charge on any atom is 0.412 e. The highest BCUT2D eigenvalue weighted by Crippen LogP contribution is 2.35. The fourth-order valence-corrected chi connectivity index (χ4v) is 1.91. The van der Waals surface area contributed by atoms with Gasteiger partial charge in [0, 0.05) is 16.7 Å². The highest BCUT2D eigenvalue weighted by molar-refractivity contribution is 7.81. The molecule has 0 aromatic rings. The molecule has 15 heavy (non-hydrogen) atoms. The number of nitrogens with one attached hydrogen (secondary N) is 1. The lowest BCUT2D eigenvalue weighted by atomic mass is 9.86. The van der Waals surface area contributed by atoms with E-state index in [-0.39, 0.29) is 12.3 Å². The van der Waals surface area contributed by atoms with E-state index >= 15 is 0 Å². The Labute approximate surface area is 91.9 Å². The molecule has 0 aromatic carbocycles. The van der Waals surface area contributed by atoms with E-state index in [9.17, 15) is 13.2 Å². The standard InChI is InChI=1S/C10H12F3NS/c11-10(12,13)8-3-1-7(2-4-8)5-9(15)6-14/h3,6-7,14H,1-2,4-5H2. The minimum Gasteiger partial charge on any atom is -0.308 e. The average molecular weight is 235 g/mol. The maximum absolute atomic E-state index is 12.3. The summed E-state index contributed by atoms with van der Waals surface area (Å²) in [6, 6.07) is 0. The molecule has 0 amide bonds. The summed E-state index contributed by atoms with van der Waals surface area (Å²) >= 11 is 4.85. The summed E-state index contributed by atoms with van der Waals surface area (Å²) in [6.45, 7) is 0. The van der Waals surface area contributed by atoms with Crippen LogP contribution in [0.25, 0.3) is 0 Å². The summed E-state index contributed by atoms with van der Waals surface area (Å²) in [5.41, 5.74) is -0.417. The fraction of sp³-hybridized carbons (Fsp3) is 0.600. The molecule has 1 aliphatic rings. The molecule has 0 saturated carbocycles. The van der Waals surface area contributed by atoms with Gasteiger partial charge < -0.3 is 5.41 Å². The Bertz CT molecular complexity index is 294. The summed E-state index contributed by atoms with van der Waals surface area (Å²) in [5.74, 6) is 0.171. The molecule has 0 radical (unpaired) electrons. The van der Waals surface area contributed by atoms with Gasteiger partial charge in [0.05, 0.1) is 0 Å². The monoisotopic (exact) mass is 235 g/mol. The van der Waals surface area contributed by atoms with Gasteiger partial charge in [-0.25, -0.2) is 0 Å². The number of hydrogen-bond acceptors (Lipinski definition) is 2. The molecular formula is C10H12F3NS. The third-order valence-corrected chi connectivity index (χ3v) is 2.82. The highest BCUT2D eigenvalue weighted by Gasteiger charge is 2.35. The van der Waals surface area contributed by atoms with E-state index in [1.165, 1.54) is 6.08 Å². The lowest BCUT2D eigenvalue weighted by molar-refractivity contribution is -0.0955. The number of hydrogen-bond donors (Lipinski definition) is 1. The first-order valence-electron chi connectivity index (χ1n) is 4.73. The number of alkyl halides is 3. The van der Waals surface area contributed by atoms with Crippen molar-refractivity contribution in [3.8, 4) is 0 Å². The summed E-state index contributed by atoms with van der Waals surface area (Å²) in [6.07, 6.45) is -0.247. The summed E-state index contributed by atoms with van der Waals surface area (Å²) < 4.78 is 36.8. The van der Waals surface area contributed by atoms with Gasteiger partial charge in [0.2, 0.25) is 0 Å². The zero-order valence-corrected chi connectivity index (χ0v) is 8.92.